The van der Waals surface area contributed by atoms with Crippen LogP contribution in [0.15, 0.2) is 28.7 Å². The number of ether oxygens (including phenoxy) is 1. The lowest BCUT2D eigenvalue weighted by Gasteiger charge is -2.16. The Kier molecular flexibility index (Phi) is 4.60. The van der Waals surface area contributed by atoms with Crippen molar-refractivity contribution in [2.45, 2.75) is 20.3 Å². The second-order valence-electron chi connectivity index (χ2n) is 4.78. The highest BCUT2D eigenvalue weighted by molar-refractivity contribution is 6.04. The fraction of sp³-hybridized carbons (Fsp3) is 0.312. The molecule has 0 fully saturated rings. The molecule has 6 heteroatoms. The normalized spacial score (nSPS) is 10.4. The van der Waals surface area contributed by atoms with Crippen LogP contribution >= 0.6 is 0 Å². The zero-order chi connectivity index (χ0) is 16.3. The lowest BCUT2D eigenvalue weighted by atomic mass is 10.2. The molecule has 0 aliphatic carbocycles. The Hall–Kier alpha value is -2.63. The summed E-state index contributed by atoms with van der Waals surface area (Å²) in [7, 11) is 2.97. The highest BCUT2D eigenvalue weighted by Gasteiger charge is 2.21. The van der Waals surface area contributed by atoms with Gasteiger partial charge in [-0.05, 0) is 31.2 Å². The number of carbonyl (C=O) groups is 2. The van der Waals surface area contributed by atoms with Crippen molar-refractivity contribution in [1.82, 2.24) is 4.98 Å². The van der Waals surface area contributed by atoms with Gasteiger partial charge in [0.05, 0.1) is 18.4 Å². The topological polar surface area (TPSA) is 72.6 Å². The molecule has 22 heavy (non-hydrogen) atoms. The third kappa shape index (κ3) is 3.00. The van der Waals surface area contributed by atoms with Gasteiger partial charge in [0.2, 0.25) is 5.76 Å². The molecule has 1 heterocycles. The minimum Gasteiger partial charge on any atom is -0.465 e. The number of hydrogen-bond acceptors (Lipinski definition) is 5. The Bertz CT molecular complexity index is 689. The monoisotopic (exact) mass is 302 g/mol. The van der Waals surface area contributed by atoms with Gasteiger partial charge in [-0.3, -0.25) is 4.79 Å². The van der Waals surface area contributed by atoms with Gasteiger partial charge in [0.15, 0.2) is 5.89 Å². The van der Waals surface area contributed by atoms with E-state index < -0.39 is 5.97 Å². The number of benzene rings is 1. The van der Waals surface area contributed by atoms with Gasteiger partial charge in [-0.25, -0.2) is 9.78 Å². The van der Waals surface area contributed by atoms with E-state index in [1.165, 1.54) is 12.0 Å². The maximum absolute atomic E-state index is 12.5. The lowest BCUT2D eigenvalue weighted by molar-refractivity contribution is 0.0600. The molecule has 0 saturated heterocycles. The Balaban J connectivity index is 2.23. The number of methoxy groups -OCH3 is 1. The number of esters is 1. The van der Waals surface area contributed by atoms with Crippen molar-refractivity contribution in [1.29, 1.82) is 0 Å². The van der Waals surface area contributed by atoms with Gasteiger partial charge in [-0.2, -0.15) is 0 Å². The molecule has 1 aromatic heterocycles. The number of aromatic nitrogens is 1. The maximum Gasteiger partial charge on any atom is 0.337 e. The van der Waals surface area contributed by atoms with Crippen molar-refractivity contribution in [3.05, 3.63) is 47.2 Å². The van der Waals surface area contributed by atoms with E-state index in [0.29, 0.717) is 29.3 Å². The second kappa shape index (κ2) is 6.43. The first kappa shape index (κ1) is 15.8. The molecule has 0 spiro atoms. The van der Waals surface area contributed by atoms with Crippen molar-refractivity contribution >= 4 is 17.6 Å². The molecule has 0 atom stereocenters. The maximum atomic E-state index is 12.5. The van der Waals surface area contributed by atoms with E-state index in [2.05, 4.69) is 9.72 Å². The standard InChI is InChI=1S/C16H18N2O4/c1-5-13-17-10(2)14(22-13)15(19)18(3)12-8-6-11(7-9-12)16(20)21-4/h6-9H,5H2,1-4H3. The summed E-state index contributed by atoms with van der Waals surface area (Å²) in [5.74, 6) is 0.0707. The van der Waals surface area contributed by atoms with E-state index >= 15 is 0 Å². The third-order valence-corrected chi connectivity index (χ3v) is 3.32. The van der Waals surface area contributed by atoms with E-state index in [0.717, 1.165) is 0 Å². The smallest absolute Gasteiger partial charge is 0.337 e. The summed E-state index contributed by atoms with van der Waals surface area (Å²) in [5.41, 5.74) is 1.64. The zero-order valence-corrected chi connectivity index (χ0v) is 13.0. The van der Waals surface area contributed by atoms with Crippen LogP contribution < -0.4 is 4.90 Å². The van der Waals surface area contributed by atoms with Gasteiger partial charge in [-0.1, -0.05) is 6.92 Å². The summed E-state index contributed by atoms with van der Waals surface area (Å²) in [5, 5.41) is 0. The molecule has 0 bridgehead atoms. The number of anilines is 1. The van der Waals surface area contributed by atoms with Gasteiger partial charge in [0, 0.05) is 19.2 Å². The van der Waals surface area contributed by atoms with E-state index in [1.54, 1.807) is 38.2 Å². The number of aryl methyl sites for hydroxylation is 2. The van der Waals surface area contributed by atoms with Crippen LogP contribution in [0.1, 0.15) is 39.4 Å². The van der Waals surface area contributed by atoms with Crippen LogP contribution in [0.2, 0.25) is 0 Å². The number of amides is 1. The van der Waals surface area contributed by atoms with Gasteiger partial charge in [-0.15, -0.1) is 0 Å². The first-order valence-electron chi connectivity index (χ1n) is 6.90. The molecule has 2 aromatic rings. The fourth-order valence-corrected chi connectivity index (χ4v) is 2.01. The summed E-state index contributed by atoms with van der Waals surface area (Å²) < 4.78 is 10.1. The first-order chi connectivity index (χ1) is 10.5. The molecule has 0 saturated carbocycles. The molecule has 0 unspecified atom stereocenters. The van der Waals surface area contributed by atoms with Gasteiger partial charge in [0.1, 0.15) is 0 Å². The average Bonchev–Trinajstić information content (AvgIpc) is 2.93. The van der Waals surface area contributed by atoms with E-state index in [4.69, 9.17) is 4.42 Å². The number of hydrogen-bond donors (Lipinski definition) is 0. The van der Waals surface area contributed by atoms with Crippen LogP contribution in [0.4, 0.5) is 5.69 Å². The highest BCUT2D eigenvalue weighted by Crippen LogP contribution is 2.19. The van der Waals surface area contributed by atoms with E-state index in [-0.39, 0.29) is 11.7 Å². The Morgan fingerprint density at radius 2 is 1.91 bits per heavy atom. The van der Waals surface area contributed by atoms with Crippen molar-refractivity contribution in [3.8, 4) is 0 Å². The van der Waals surface area contributed by atoms with Crippen molar-refractivity contribution in [2.75, 3.05) is 19.1 Å². The van der Waals surface area contributed by atoms with Crippen LogP contribution in [0.5, 0.6) is 0 Å². The molecule has 0 radical (unpaired) electrons. The summed E-state index contributed by atoms with van der Waals surface area (Å²) in [6, 6.07) is 6.57. The number of carbonyl (C=O) groups excluding carboxylic acids is 2. The van der Waals surface area contributed by atoms with Gasteiger partial charge in [0.25, 0.3) is 5.91 Å². The Morgan fingerprint density at radius 1 is 1.27 bits per heavy atom. The molecule has 0 N–H and O–H groups in total. The molecule has 1 aromatic carbocycles. The summed E-state index contributed by atoms with van der Waals surface area (Å²) in [6.45, 7) is 3.65. The number of rotatable bonds is 4. The largest absolute Gasteiger partial charge is 0.465 e. The summed E-state index contributed by atoms with van der Waals surface area (Å²) in [6.07, 6.45) is 0.631. The molecular weight excluding hydrogens is 284 g/mol. The lowest BCUT2D eigenvalue weighted by Crippen LogP contribution is -2.26. The molecular formula is C16H18N2O4. The molecule has 1 amide bonds. The summed E-state index contributed by atoms with van der Waals surface area (Å²) >= 11 is 0. The fourth-order valence-electron chi connectivity index (χ4n) is 2.01. The molecule has 2 rings (SSSR count). The van der Waals surface area contributed by atoms with Crippen molar-refractivity contribution < 1.29 is 18.7 Å². The predicted octanol–water partition coefficient (Wildman–Crippen LogP) is 2.61. The van der Waals surface area contributed by atoms with E-state index in [1.807, 2.05) is 6.92 Å². The second-order valence-corrected chi connectivity index (χ2v) is 4.78. The minimum atomic E-state index is -0.417. The quantitative estimate of drug-likeness (QED) is 0.812. The van der Waals surface area contributed by atoms with Crippen LogP contribution in [-0.4, -0.2) is 31.0 Å². The Labute approximate surface area is 128 Å². The Morgan fingerprint density at radius 3 is 2.41 bits per heavy atom. The van der Waals surface area contributed by atoms with E-state index in [9.17, 15) is 9.59 Å². The van der Waals surface area contributed by atoms with Crippen LogP contribution in [-0.2, 0) is 11.2 Å². The van der Waals surface area contributed by atoms with Crippen LogP contribution in [0.25, 0.3) is 0 Å². The summed E-state index contributed by atoms with van der Waals surface area (Å²) in [4.78, 5) is 29.5. The number of oxazole rings is 1. The highest BCUT2D eigenvalue weighted by atomic mass is 16.5. The van der Waals surface area contributed by atoms with Gasteiger partial charge < -0.3 is 14.1 Å². The van der Waals surface area contributed by atoms with Crippen LogP contribution in [0, 0.1) is 6.92 Å². The molecule has 0 aliphatic rings. The molecule has 0 aliphatic heterocycles. The predicted molar refractivity (Wildman–Crippen MR) is 81.1 cm³/mol. The number of nitrogens with zero attached hydrogens (tertiary/aromatic N) is 2. The average molecular weight is 302 g/mol. The van der Waals surface area contributed by atoms with Crippen LogP contribution in [0.3, 0.4) is 0 Å². The van der Waals surface area contributed by atoms with Crippen molar-refractivity contribution in [3.63, 3.8) is 0 Å². The third-order valence-electron chi connectivity index (χ3n) is 3.32. The first-order valence-corrected chi connectivity index (χ1v) is 6.90. The minimum absolute atomic E-state index is 0.233. The SMILES string of the molecule is CCc1nc(C)c(C(=O)N(C)c2ccc(C(=O)OC)cc2)o1. The zero-order valence-electron chi connectivity index (χ0n) is 13.0. The molecule has 6 nitrogen and oxygen atoms in total. The molecule has 116 valence electrons. The van der Waals surface area contributed by atoms with Gasteiger partial charge >= 0.3 is 5.97 Å². The van der Waals surface area contributed by atoms with Crippen molar-refractivity contribution in [2.24, 2.45) is 0 Å².